The maximum absolute atomic E-state index is 2.43. The van der Waals surface area contributed by atoms with Crippen LogP contribution in [0.15, 0.2) is 267 Å². The van der Waals surface area contributed by atoms with Crippen molar-refractivity contribution in [1.82, 2.24) is 0 Å². The number of hydrogen-bond donors (Lipinski definition) is 0. The lowest BCUT2D eigenvalue weighted by atomic mass is 9.82. The average Bonchev–Trinajstić information content (AvgIpc) is 3.95. The molecule has 0 aromatic heterocycles. The minimum atomic E-state index is -0.116. The fraction of sp³-hybridized carbons (Fsp3) is 0.132. The third kappa shape index (κ3) is 9.22. The summed E-state index contributed by atoms with van der Waals surface area (Å²) in [6, 6.07) is 98.8. The molecule has 2 aliphatic carbocycles. The number of para-hydroxylation sites is 2. The second-order valence-electron chi connectivity index (χ2n) is 22.0. The third-order valence-electron chi connectivity index (χ3n) is 16.8. The van der Waals surface area contributed by atoms with Gasteiger partial charge in [-0.2, -0.15) is 0 Å². The monoisotopic (exact) mass is 1000 g/mol. The van der Waals surface area contributed by atoms with Gasteiger partial charge in [0.1, 0.15) is 0 Å². The van der Waals surface area contributed by atoms with E-state index in [0.717, 1.165) is 45.3 Å². The lowest BCUT2D eigenvalue weighted by Gasteiger charge is -2.28. The molecule has 378 valence electrons. The molecule has 0 unspecified atom stereocenters. The first-order chi connectivity index (χ1) is 38.4. The van der Waals surface area contributed by atoms with Gasteiger partial charge in [-0.25, -0.2) is 0 Å². The highest BCUT2D eigenvalue weighted by atomic mass is 15.1. The highest BCUT2D eigenvalue weighted by Crippen LogP contribution is 2.52. The van der Waals surface area contributed by atoms with Crippen molar-refractivity contribution in [3.8, 4) is 66.8 Å². The van der Waals surface area contributed by atoms with Gasteiger partial charge in [0, 0.05) is 39.5 Å². The molecule has 0 atom stereocenters. The number of nitrogens with zero attached hydrogens (tertiary/aromatic N) is 2. The van der Waals surface area contributed by atoms with Crippen LogP contribution in [0.25, 0.3) is 66.8 Å². The Bertz CT molecular complexity index is 3860. The van der Waals surface area contributed by atoms with Crippen molar-refractivity contribution in [2.24, 2.45) is 0 Å². The Morgan fingerprint density at radius 1 is 0.308 bits per heavy atom. The van der Waals surface area contributed by atoms with Gasteiger partial charge in [-0.05, 0) is 200 Å². The van der Waals surface area contributed by atoms with E-state index in [1.807, 2.05) is 0 Å². The quantitative estimate of drug-likeness (QED) is 0.120. The molecule has 0 spiro atoms. The Labute approximate surface area is 461 Å². The molecule has 13 rings (SSSR count). The predicted octanol–water partition coefficient (Wildman–Crippen LogP) is 21.6. The van der Waals surface area contributed by atoms with Crippen molar-refractivity contribution in [1.29, 1.82) is 0 Å². The normalized spacial score (nSPS) is 13.6. The zero-order valence-corrected chi connectivity index (χ0v) is 44.9. The summed E-state index contributed by atoms with van der Waals surface area (Å²) in [5.74, 6) is 0.706. The first-order valence-electron chi connectivity index (χ1n) is 28.0. The molecule has 0 N–H and O–H groups in total. The van der Waals surface area contributed by atoms with E-state index in [1.54, 1.807) is 0 Å². The van der Waals surface area contributed by atoms with Crippen molar-refractivity contribution < 1.29 is 0 Å². The van der Waals surface area contributed by atoms with Crippen LogP contribution in [0, 0.1) is 6.92 Å². The molecule has 0 bridgehead atoms. The van der Waals surface area contributed by atoms with Gasteiger partial charge < -0.3 is 9.80 Å². The molecule has 11 aromatic carbocycles. The lowest BCUT2D eigenvalue weighted by molar-refractivity contribution is 0.443. The largest absolute Gasteiger partial charge is 0.311 e. The van der Waals surface area contributed by atoms with Gasteiger partial charge >= 0.3 is 0 Å². The van der Waals surface area contributed by atoms with Crippen molar-refractivity contribution in [2.75, 3.05) is 9.80 Å². The maximum Gasteiger partial charge on any atom is 0.0465 e. The highest BCUT2D eigenvalue weighted by Gasteiger charge is 2.37. The fourth-order valence-electron chi connectivity index (χ4n) is 12.7. The summed E-state index contributed by atoms with van der Waals surface area (Å²) in [5, 5.41) is 0. The summed E-state index contributed by atoms with van der Waals surface area (Å²) in [6.45, 7) is 6.98. The van der Waals surface area contributed by atoms with Gasteiger partial charge in [-0.15, -0.1) is 0 Å². The van der Waals surface area contributed by atoms with Gasteiger partial charge in [-0.3, -0.25) is 0 Å². The van der Waals surface area contributed by atoms with E-state index in [1.165, 1.54) is 110 Å². The fourth-order valence-corrected chi connectivity index (χ4v) is 12.7. The minimum absolute atomic E-state index is 0.116. The summed E-state index contributed by atoms with van der Waals surface area (Å²) in [5.41, 5.74) is 26.8. The number of anilines is 6. The van der Waals surface area contributed by atoms with Gasteiger partial charge in [0.15, 0.2) is 0 Å². The van der Waals surface area contributed by atoms with Gasteiger partial charge in [0.05, 0.1) is 0 Å². The van der Waals surface area contributed by atoms with Crippen molar-refractivity contribution in [3.05, 3.63) is 289 Å². The van der Waals surface area contributed by atoms with Gasteiger partial charge in [-0.1, -0.05) is 215 Å². The van der Waals surface area contributed by atoms with Crippen molar-refractivity contribution in [3.63, 3.8) is 0 Å². The zero-order chi connectivity index (χ0) is 52.6. The van der Waals surface area contributed by atoms with E-state index in [0.29, 0.717) is 5.92 Å². The minimum Gasteiger partial charge on any atom is -0.311 e. The molecule has 1 fully saturated rings. The summed E-state index contributed by atoms with van der Waals surface area (Å²) < 4.78 is 0. The number of rotatable bonds is 12. The number of fused-ring (bicyclic) bond motifs is 3. The standard InChI is InChI=1S/C76H64N2/c1-53-20-19-31-73-75(53)68-49-48-67(50-74(68)76(73,2)3)78(63-29-17-8-18-30-63)66-46-40-61(41-47-66)72-52-69(58-23-11-5-12-24-58)71(51-70(72)59-25-13-6-14-26-59)60-38-44-65(45-39-60)77(62-27-15-7-16-28-62)64-42-36-57(37-43-64)56-34-32-55(33-35-56)54-21-9-4-10-22-54/h5-8,11-20,23-52,54H,4,9-10,21-22H2,1-3H3. The van der Waals surface area contributed by atoms with Gasteiger partial charge in [0.2, 0.25) is 0 Å². The second kappa shape index (κ2) is 20.9. The lowest BCUT2D eigenvalue weighted by Crippen LogP contribution is -2.16. The van der Waals surface area contributed by atoms with Crippen molar-refractivity contribution >= 4 is 34.1 Å². The molecule has 11 aromatic rings. The molecule has 2 nitrogen and oxygen atoms in total. The predicted molar refractivity (Wildman–Crippen MR) is 331 cm³/mol. The Morgan fingerprint density at radius 2 is 0.692 bits per heavy atom. The Kier molecular flexibility index (Phi) is 13.0. The number of hydrogen-bond acceptors (Lipinski definition) is 2. The molecular weight excluding hydrogens is 941 g/mol. The van der Waals surface area contributed by atoms with Crippen LogP contribution in [0.1, 0.15) is 74.1 Å². The Balaban J connectivity index is 0.869. The highest BCUT2D eigenvalue weighted by molar-refractivity contribution is 5.96. The summed E-state index contributed by atoms with van der Waals surface area (Å²) in [6.07, 6.45) is 6.72. The number of aryl methyl sites for hydroxylation is 1. The van der Waals surface area contributed by atoms with Crippen molar-refractivity contribution in [2.45, 2.75) is 64.2 Å². The maximum atomic E-state index is 2.43. The zero-order valence-electron chi connectivity index (χ0n) is 44.9. The SMILES string of the molecule is Cc1cccc2c1-c1ccc(N(c3ccccc3)c3ccc(-c4cc(-c5ccccc5)c(-c5ccc(N(c6ccccc6)c6ccc(-c7ccc(C8CCCCC8)cc7)cc6)cc5)cc4-c4ccccc4)cc3)cc1C2(C)C. The molecule has 2 aliphatic rings. The van der Waals surface area contributed by atoms with E-state index in [4.69, 9.17) is 0 Å². The van der Waals surface area contributed by atoms with Gasteiger partial charge in [0.25, 0.3) is 0 Å². The molecule has 0 heterocycles. The van der Waals surface area contributed by atoms with E-state index >= 15 is 0 Å². The van der Waals surface area contributed by atoms with E-state index in [9.17, 15) is 0 Å². The van der Waals surface area contributed by atoms with Crippen LogP contribution in [0.5, 0.6) is 0 Å². The third-order valence-corrected chi connectivity index (χ3v) is 16.8. The van der Waals surface area contributed by atoms with E-state index < -0.39 is 0 Å². The first-order valence-corrected chi connectivity index (χ1v) is 28.0. The van der Waals surface area contributed by atoms with E-state index in [2.05, 4.69) is 297 Å². The van der Waals surface area contributed by atoms with Crippen LogP contribution < -0.4 is 9.80 Å². The van der Waals surface area contributed by atoms with Crippen LogP contribution in [-0.2, 0) is 5.41 Å². The summed E-state index contributed by atoms with van der Waals surface area (Å²) >= 11 is 0. The summed E-state index contributed by atoms with van der Waals surface area (Å²) in [7, 11) is 0. The average molecular weight is 1010 g/mol. The van der Waals surface area contributed by atoms with Crippen LogP contribution in [0.2, 0.25) is 0 Å². The molecule has 2 heteroatoms. The molecule has 78 heavy (non-hydrogen) atoms. The Hall–Kier alpha value is -8.98. The smallest absolute Gasteiger partial charge is 0.0465 e. The molecule has 0 radical (unpaired) electrons. The van der Waals surface area contributed by atoms with Crippen LogP contribution in [0.4, 0.5) is 34.1 Å². The molecule has 0 aliphatic heterocycles. The number of benzene rings is 11. The second-order valence-corrected chi connectivity index (χ2v) is 22.0. The van der Waals surface area contributed by atoms with E-state index in [-0.39, 0.29) is 5.41 Å². The summed E-state index contributed by atoms with van der Waals surface area (Å²) in [4.78, 5) is 4.77. The first kappa shape index (κ1) is 48.6. The molecule has 0 saturated heterocycles. The van der Waals surface area contributed by atoms with Crippen LogP contribution >= 0.6 is 0 Å². The van der Waals surface area contributed by atoms with Crippen LogP contribution in [0.3, 0.4) is 0 Å². The molecular formula is C76H64N2. The van der Waals surface area contributed by atoms with Crippen LogP contribution in [-0.4, -0.2) is 0 Å². The molecule has 0 amide bonds. The Morgan fingerprint density at radius 3 is 1.17 bits per heavy atom. The molecule has 1 saturated carbocycles. The topological polar surface area (TPSA) is 6.48 Å².